The normalized spacial score (nSPS) is 11.9. The van der Waals surface area contributed by atoms with Gasteiger partial charge in [0.25, 0.3) is 0 Å². The zero-order chi connectivity index (χ0) is 29.1. The van der Waals surface area contributed by atoms with Gasteiger partial charge in [-0.25, -0.2) is 8.42 Å². The number of para-hydroxylation sites is 2. The molecule has 3 aromatic rings. The van der Waals surface area contributed by atoms with Crippen molar-refractivity contribution in [3.05, 3.63) is 94.5 Å². The van der Waals surface area contributed by atoms with Gasteiger partial charge in [0, 0.05) is 37.5 Å². The molecular weight excluding hydrogens is 594 g/mol. The number of rotatable bonds is 14. The molecule has 0 aliphatic carbocycles. The molecule has 0 spiro atoms. The molecule has 0 heterocycles. The Bertz CT molecular complexity index is 1370. The van der Waals surface area contributed by atoms with E-state index < -0.39 is 16.1 Å². The van der Waals surface area contributed by atoms with Gasteiger partial charge >= 0.3 is 0 Å². The number of ether oxygens (including phenoxy) is 1. The molecular formula is C30H36BrN3O5S. The third-order valence-corrected chi connectivity index (χ3v) is 8.08. The summed E-state index contributed by atoms with van der Waals surface area (Å²) >= 11 is 3.44. The molecule has 0 radical (unpaired) electrons. The van der Waals surface area contributed by atoms with Crippen LogP contribution in [-0.2, 0) is 32.6 Å². The first-order chi connectivity index (χ1) is 19.1. The van der Waals surface area contributed by atoms with Crippen molar-refractivity contribution < 1.29 is 22.7 Å². The summed E-state index contributed by atoms with van der Waals surface area (Å²) < 4.78 is 33.3. The van der Waals surface area contributed by atoms with Gasteiger partial charge in [0.1, 0.15) is 11.8 Å². The van der Waals surface area contributed by atoms with Crippen LogP contribution in [0.4, 0.5) is 5.69 Å². The number of nitrogens with zero attached hydrogens (tertiary/aromatic N) is 2. The van der Waals surface area contributed by atoms with Gasteiger partial charge in [0.2, 0.25) is 21.8 Å². The molecule has 0 saturated carbocycles. The van der Waals surface area contributed by atoms with E-state index in [1.807, 2.05) is 61.5 Å². The highest BCUT2D eigenvalue weighted by Crippen LogP contribution is 2.30. The van der Waals surface area contributed by atoms with Gasteiger partial charge in [-0.3, -0.25) is 13.9 Å². The van der Waals surface area contributed by atoms with Gasteiger partial charge in [0.15, 0.2) is 0 Å². The molecule has 3 aromatic carbocycles. The van der Waals surface area contributed by atoms with Crippen LogP contribution >= 0.6 is 15.9 Å². The number of hydrogen-bond acceptors (Lipinski definition) is 5. The Morgan fingerprint density at radius 1 is 0.950 bits per heavy atom. The first-order valence-corrected chi connectivity index (χ1v) is 15.8. The number of benzene rings is 3. The van der Waals surface area contributed by atoms with E-state index in [4.69, 9.17) is 4.74 Å². The van der Waals surface area contributed by atoms with Crippen LogP contribution in [0.15, 0.2) is 83.3 Å². The number of sulfonamides is 1. The molecule has 0 unspecified atom stereocenters. The Balaban J connectivity index is 1.85. The van der Waals surface area contributed by atoms with Gasteiger partial charge in [-0.05, 0) is 48.7 Å². The van der Waals surface area contributed by atoms with Crippen LogP contribution in [0.1, 0.15) is 30.9 Å². The highest BCUT2D eigenvalue weighted by atomic mass is 79.9. The average Bonchev–Trinajstić information content (AvgIpc) is 2.94. The predicted molar refractivity (Wildman–Crippen MR) is 162 cm³/mol. The molecule has 1 N–H and O–H groups in total. The smallest absolute Gasteiger partial charge is 0.242 e. The van der Waals surface area contributed by atoms with Crippen LogP contribution in [0, 0.1) is 0 Å². The van der Waals surface area contributed by atoms with Crippen molar-refractivity contribution in [3.8, 4) is 5.75 Å². The van der Waals surface area contributed by atoms with Crippen LogP contribution < -0.4 is 14.4 Å². The minimum Gasteiger partial charge on any atom is -0.492 e. The molecule has 8 nitrogen and oxygen atoms in total. The number of amides is 2. The topological polar surface area (TPSA) is 96.0 Å². The minimum atomic E-state index is -3.64. The third kappa shape index (κ3) is 8.82. The van der Waals surface area contributed by atoms with Crippen molar-refractivity contribution in [2.45, 2.75) is 38.8 Å². The minimum absolute atomic E-state index is 0.0572. The van der Waals surface area contributed by atoms with Crippen LogP contribution in [0.3, 0.4) is 0 Å². The fourth-order valence-corrected chi connectivity index (χ4v) is 5.66. The Hall–Kier alpha value is -3.37. The SMILES string of the molecule is CCOc1ccccc1N(CCCC(=O)N(Cc1ccc(Br)cc1)[C@H](Cc1ccccc1)C(=O)NC)S(C)(=O)=O. The molecule has 0 aliphatic rings. The fourth-order valence-electron chi connectivity index (χ4n) is 4.43. The first kappa shape index (κ1) is 31.2. The second-order valence-electron chi connectivity index (χ2n) is 9.31. The molecule has 40 heavy (non-hydrogen) atoms. The maximum absolute atomic E-state index is 13.7. The lowest BCUT2D eigenvalue weighted by molar-refractivity contribution is -0.141. The zero-order valence-corrected chi connectivity index (χ0v) is 25.4. The van der Waals surface area contributed by atoms with Crippen molar-refractivity contribution in [3.63, 3.8) is 0 Å². The molecule has 0 aromatic heterocycles. The van der Waals surface area contributed by atoms with Crippen molar-refractivity contribution in [2.24, 2.45) is 0 Å². The van der Waals surface area contributed by atoms with Crippen LogP contribution in [-0.4, -0.2) is 57.6 Å². The Kier molecular flexibility index (Phi) is 11.6. The summed E-state index contributed by atoms with van der Waals surface area (Å²) in [5, 5.41) is 2.71. The molecule has 10 heteroatoms. The van der Waals surface area contributed by atoms with Crippen molar-refractivity contribution in [2.75, 3.05) is 30.8 Å². The number of carbonyl (C=O) groups excluding carboxylic acids is 2. The number of nitrogens with one attached hydrogen (secondary N) is 1. The van der Waals surface area contributed by atoms with Crippen molar-refractivity contribution in [1.29, 1.82) is 0 Å². The standard InChI is InChI=1S/C30H36BrN3O5S/c1-4-39-28-14-9-8-13-26(28)34(40(3,37)38)20-10-15-29(35)33(22-24-16-18-25(31)19-17-24)27(30(36)32-2)21-23-11-6-5-7-12-23/h5-9,11-14,16-19,27H,4,10,15,20-22H2,1-3H3,(H,32,36)/t27-/m1/s1. The van der Waals surface area contributed by atoms with E-state index in [1.54, 1.807) is 36.2 Å². The van der Waals surface area contributed by atoms with E-state index >= 15 is 0 Å². The third-order valence-electron chi connectivity index (χ3n) is 6.37. The summed E-state index contributed by atoms with van der Waals surface area (Å²) in [6.07, 6.45) is 1.80. The van der Waals surface area contributed by atoms with Crippen LogP contribution in [0.5, 0.6) is 5.75 Å². The average molecular weight is 631 g/mol. The summed E-state index contributed by atoms with van der Waals surface area (Å²) in [7, 11) is -2.09. The molecule has 0 aliphatic heterocycles. The highest BCUT2D eigenvalue weighted by Gasteiger charge is 2.30. The van der Waals surface area contributed by atoms with Crippen molar-refractivity contribution >= 4 is 43.5 Å². The molecule has 0 bridgehead atoms. The molecule has 1 atom stereocenters. The van der Waals surface area contributed by atoms with E-state index in [0.29, 0.717) is 24.5 Å². The Morgan fingerprint density at radius 2 is 1.60 bits per heavy atom. The zero-order valence-electron chi connectivity index (χ0n) is 23.0. The van der Waals surface area contributed by atoms with E-state index in [0.717, 1.165) is 21.9 Å². The second kappa shape index (κ2) is 14.9. The number of halogens is 1. The largest absolute Gasteiger partial charge is 0.492 e. The molecule has 3 rings (SSSR count). The lowest BCUT2D eigenvalue weighted by Gasteiger charge is -2.31. The second-order valence-corrected chi connectivity index (χ2v) is 12.1. The van der Waals surface area contributed by atoms with Gasteiger partial charge in [0.05, 0.1) is 18.6 Å². The monoisotopic (exact) mass is 629 g/mol. The van der Waals surface area contributed by atoms with E-state index in [2.05, 4.69) is 21.2 Å². The van der Waals surface area contributed by atoms with Gasteiger partial charge < -0.3 is 15.0 Å². The van der Waals surface area contributed by atoms with Gasteiger partial charge in [-0.15, -0.1) is 0 Å². The fraction of sp³-hybridized carbons (Fsp3) is 0.333. The van der Waals surface area contributed by atoms with Crippen molar-refractivity contribution in [1.82, 2.24) is 10.2 Å². The molecule has 0 fully saturated rings. The van der Waals surface area contributed by atoms with Crippen LogP contribution in [0.25, 0.3) is 0 Å². The summed E-state index contributed by atoms with van der Waals surface area (Å²) in [4.78, 5) is 28.4. The maximum Gasteiger partial charge on any atom is 0.242 e. The summed E-state index contributed by atoms with van der Waals surface area (Å²) in [6.45, 7) is 2.54. The Labute approximate surface area is 245 Å². The summed E-state index contributed by atoms with van der Waals surface area (Å²) in [6, 6.07) is 23.4. The first-order valence-electron chi connectivity index (χ1n) is 13.1. The van der Waals surface area contributed by atoms with Crippen LogP contribution in [0.2, 0.25) is 0 Å². The van der Waals surface area contributed by atoms with E-state index in [-0.39, 0.29) is 37.7 Å². The summed E-state index contributed by atoms with van der Waals surface area (Å²) in [5.74, 6) is -0.0436. The van der Waals surface area contributed by atoms with E-state index in [1.165, 1.54) is 4.31 Å². The lowest BCUT2D eigenvalue weighted by atomic mass is 10.0. The number of likely N-dealkylation sites (N-methyl/N-ethyl adjacent to an activating group) is 1. The van der Waals surface area contributed by atoms with Gasteiger partial charge in [-0.1, -0.05) is 70.5 Å². The maximum atomic E-state index is 13.7. The predicted octanol–water partition coefficient (Wildman–Crippen LogP) is 4.78. The highest BCUT2D eigenvalue weighted by molar-refractivity contribution is 9.10. The number of carbonyl (C=O) groups is 2. The quantitative estimate of drug-likeness (QED) is 0.277. The Morgan fingerprint density at radius 3 is 2.23 bits per heavy atom. The molecule has 214 valence electrons. The number of hydrogen-bond donors (Lipinski definition) is 1. The molecule has 0 saturated heterocycles. The summed E-state index contributed by atoms with van der Waals surface area (Å²) in [5.41, 5.74) is 2.24. The van der Waals surface area contributed by atoms with E-state index in [9.17, 15) is 18.0 Å². The number of anilines is 1. The van der Waals surface area contributed by atoms with Gasteiger partial charge in [-0.2, -0.15) is 0 Å². The lowest BCUT2D eigenvalue weighted by Crippen LogP contribution is -2.49. The molecule has 2 amide bonds.